The van der Waals surface area contributed by atoms with Gasteiger partial charge in [-0.3, -0.25) is 4.79 Å². The van der Waals surface area contributed by atoms with Crippen molar-refractivity contribution in [3.8, 4) is 0 Å². The summed E-state index contributed by atoms with van der Waals surface area (Å²) in [5, 5.41) is 8.72. The fraction of sp³-hybridized carbons (Fsp3) is 0.385. The lowest BCUT2D eigenvalue weighted by Crippen LogP contribution is -2.10. The van der Waals surface area contributed by atoms with Crippen molar-refractivity contribution in [2.24, 2.45) is 5.41 Å². The molecule has 1 rings (SSSR count). The summed E-state index contributed by atoms with van der Waals surface area (Å²) >= 11 is 6.65. The number of carboxylic acids is 1. The number of rotatable bonds is 3. The Labute approximate surface area is 120 Å². The fourth-order valence-corrected chi connectivity index (χ4v) is 2.71. The van der Waals surface area contributed by atoms with Crippen LogP contribution >= 0.6 is 23.4 Å². The van der Waals surface area contributed by atoms with Crippen molar-refractivity contribution in [2.75, 3.05) is 0 Å². The molecule has 1 aromatic rings. The Kier molecular flexibility index (Phi) is 4.98. The molecule has 0 saturated heterocycles. The predicted molar refractivity (Wildman–Crippen MR) is 73.3 cm³/mol. The molecule has 0 aliphatic heterocycles. The lowest BCUT2D eigenvalue weighted by Gasteiger charge is -2.16. The molecular weight excluding hydrogens is 291 g/mol. The van der Waals surface area contributed by atoms with Gasteiger partial charge in [-0.15, -0.1) is 0 Å². The first-order valence-electron chi connectivity index (χ1n) is 5.53. The van der Waals surface area contributed by atoms with Crippen LogP contribution in [0.4, 0.5) is 4.39 Å². The van der Waals surface area contributed by atoms with Crippen LogP contribution in [0.15, 0.2) is 17.0 Å². The summed E-state index contributed by atoms with van der Waals surface area (Å²) in [6, 6.07) is 2.00. The number of hydrogen-bond acceptors (Lipinski definition) is 3. The molecule has 0 fully saturated rings. The third kappa shape index (κ3) is 4.84. The highest BCUT2D eigenvalue weighted by atomic mass is 35.5. The summed E-state index contributed by atoms with van der Waals surface area (Å²) in [5.41, 5.74) is -0.665. The van der Waals surface area contributed by atoms with E-state index in [0.717, 1.165) is 23.9 Å². The molecule has 1 N–H and O–H groups in total. The van der Waals surface area contributed by atoms with Crippen LogP contribution in [0.3, 0.4) is 0 Å². The molecule has 0 saturated carbocycles. The van der Waals surface area contributed by atoms with Crippen molar-refractivity contribution < 1.29 is 19.1 Å². The molecule has 0 aliphatic carbocycles. The average molecular weight is 305 g/mol. The molecule has 0 bridgehead atoms. The summed E-state index contributed by atoms with van der Waals surface area (Å²) in [6.45, 7) is 5.75. The molecule has 19 heavy (non-hydrogen) atoms. The van der Waals surface area contributed by atoms with Crippen LogP contribution in [-0.2, 0) is 4.79 Å². The van der Waals surface area contributed by atoms with Crippen LogP contribution in [0.2, 0.25) is 5.02 Å². The molecule has 104 valence electrons. The van der Waals surface area contributed by atoms with Crippen LogP contribution in [-0.4, -0.2) is 16.2 Å². The number of carbonyl (C=O) groups is 2. The van der Waals surface area contributed by atoms with Gasteiger partial charge >= 0.3 is 5.97 Å². The molecule has 0 atom stereocenters. The number of thioether (sulfide) groups is 1. The third-order valence-corrected chi connectivity index (χ3v) is 3.50. The van der Waals surface area contributed by atoms with Gasteiger partial charge in [-0.25, -0.2) is 9.18 Å². The third-order valence-electron chi connectivity index (χ3n) is 2.15. The highest BCUT2D eigenvalue weighted by Crippen LogP contribution is 2.33. The Morgan fingerprint density at radius 1 is 1.37 bits per heavy atom. The van der Waals surface area contributed by atoms with Crippen molar-refractivity contribution in [3.05, 3.63) is 28.5 Å². The molecule has 1 aromatic carbocycles. The van der Waals surface area contributed by atoms with Crippen molar-refractivity contribution >= 4 is 34.4 Å². The van der Waals surface area contributed by atoms with Crippen LogP contribution in [0.1, 0.15) is 37.6 Å². The topological polar surface area (TPSA) is 54.4 Å². The van der Waals surface area contributed by atoms with Gasteiger partial charge in [0.2, 0.25) is 0 Å². The van der Waals surface area contributed by atoms with E-state index >= 15 is 0 Å². The molecule has 0 unspecified atom stereocenters. The first-order valence-corrected chi connectivity index (χ1v) is 6.72. The molecule has 0 aromatic heterocycles. The predicted octanol–water partition coefficient (Wildman–Crippen LogP) is 4.23. The minimum Gasteiger partial charge on any atom is -0.478 e. The maximum absolute atomic E-state index is 13.3. The van der Waals surface area contributed by atoms with Gasteiger partial charge in [0.1, 0.15) is 5.82 Å². The lowest BCUT2D eigenvalue weighted by molar-refractivity contribution is -0.112. The van der Waals surface area contributed by atoms with Crippen molar-refractivity contribution in [3.63, 3.8) is 0 Å². The van der Waals surface area contributed by atoms with E-state index in [9.17, 15) is 14.0 Å². The molecule has 0 radical (unpaired) electrons. The Balaban J connectivity index is 2.99. The number of halogens is 2. The van der Waals surface area contributed by atoms with Gasteiger partial charge in [-0.2, -0.15) is 0 Å². The van der Waals surface area contributed by atoms with E-state index in [0.29, 0.717) is 6.42 Å². The number of carbonyl (C=O) groups excluding carboxylic acids is 1. The van der Waals surface area contributed by atoms with E-state index < -0.39 is 17.3 Å². The average Bonchev–Trinajstić information content (AvgIpc) is 2.18. The second-order valence-corrected chi connectivity index (χ2v) is 6.79. The number of benzene rings is 1. The van der Waals surface area contributed by atoms with Crippen LogP contribution in [0.25, 0.3) is 0 Å². The van der Waals surface area contributed by atoms with Gasteiger partial charge in [0.15, 0.2) is 5.12 Å². The number of hydrogen-bond donors (Lipinski definition) is 1. The highest BCUT2D eigenvalue weighted by molar-refractivity contribution is 8.13. The van der Waals surface area contributed by atoms with E-state index in [1.807, 2.05) is 20.8 Å². The molecule has 0 spiro atoms. The SMILES string of the molecule is CC(C)(C)CC(=O)Sc1cc(C(=O)O)c(F)cc1Cl. The quantitative estimate of drug-likeness (QED) is 0.849. The van der Waals surface area contributed by atoms with Gasteiger partial charge in [-0.1, -0.05) is 44.1 Å². The van der Waals surface area contributed by atoms with Gasteiger partial charge in [0.25, 0.3) is 0 Å². The van der Waals surface area contributed by atoms with E-state index in [2.05, 4.69) is 0 Å². The summed E-state index contributed by atoms with van der Waals surface area (Å²) in [5.74, 6) is -2.30. The zero-order valence-electron chi connectivity index (χ0n) is 10.8. The first-order chi connectivity index (χ1) is 8.60. The van der Waals surface area contributed by atoms with E-state index in [-0.39, 0.29) is 20.4 Å². The monoisotopic (exact) mass is 304 g/mol. The molecular formula is C13H14ClFO3S. The standard InChI is InChI=1S/C13H14ClFO3S/c1-13(2,3)6-11(16)19-10-4-7(12(17)18)9(15)5-8(10)14/h4-5H,6H2,1-3H3,(H,17,18). The van der Waals surface area contributed by atoms with Crippen molar-refractivity contribution in [1.29, 1.82) is 0 Å². The number of carboxylic acid groups (broad SMARTS) is 1. The smallest absolute Gasteiger partial charge is 0.338 e. The van der Waals surface area contributed by atoms with Crippen LogP contribution < -0.4 is 0 Å². The first kappa shape index (κ1) is 16.0. The summed E-state index contributed by atoms with van der Waals surface area (Å²) in [4.78, 5) is 22.9. The Morgan fingerprint density at radius 2 is 1.95 bits per heavy atom. The summed E-state index contributed by atoms with van der Waals surface area (Å²) in [6.07, 6.45) is 0.313. The Hall–Kier alpha value is -1.07. The Bertz CT molecular complexity index is 523. The minimum absolute atomic E-state index is 0.0368. The van der Waals surface area contributed by atoms with E-state index in [1.54, 1.807) is 0 Å². The molecule has 0 aliphatic rings. The molecule has 0 amide bonds. The van der Waals surface area contributed by atoms with Crippen molar-refractivity contribution in [1.82, 2.24) is 0 Å². The maximum atomic E-state index is 13.3. The second-order valence-electron chi connectivity index (χ2n) is 5.28. The van der Waals surface area contributed by atoms with E-state index in [1.165, 1.54) is 0 Å². The van der Waals surface area contributed by atoms with E-state index in [4.69, 9.17) is 16.7 Å². The highest BCUT2D eigenvalue weighted by Gasteiger charge is 2.20. The second kappa shape index (κ2) is 5.92. The van der Waals surface area contributed by atoms with Gasteiger partial charge in [-0.05, 0) is 17.5 Å². The largest absolute Gasteiger partial charge is 0.478 e. The van der Waals surface area contributed by atoms with Gasteiger partial charge in [0, 0.05) is 11.3 Å². The lowest BCUT2D eigenvalue weighted by atomic mass is 9.93. The molecule has 6 heteroatoms. The zero-order valence-corrected chi connectivity index (χ0v) is 12.4. The van der Waals surface area contributed by atoms with Crippen molar-refractivity contribution in [2.45, 2.75) is 32.1 Å². The van der Waals surface area contributed by atoms with Gasteiger partial charge < -0.3 is 5.11 Å². The fourth-order valence-electron chi connectivity index (χ4n) is 1.36. The summed E-state index contributed by atoms with van der Waals surface area (Å²) < 4.78 is 13.3. The summed E-state index contributed by atoms with van der Waals surface area (Å²) in [7, 11) is 0. The van der Waals surface area contributed by atoms with Gasteiger partial charge in [0.05, 0.1) is 10.6 Å². The Morgan fingerprint density at radius 3 is 2.42 bits per heavy atom. The van der Waals surface area contributed by atoms with Crippen LogP contribution in [0.5, 0.6) is 0 Å². The number of aromatic carboxylic acids is 1. The zero-order chi connectivity index (χ0) is 14.8. The maximum Gasteiger partial charge on any atom is 0.338 e. The molecule has 0 heterocycles. The van der Waals surface area contributed by atoms with Crippen LogP contribution in [0, 0.1) is 11.2 Å². The minimum atomic E-state index is -1.39. The normalized spacial score (nSPS) is 11.4. The molecule has 3 nitrogen and oxygen atoms in total.